The molecular formula is C18H26N6O2. The van der Waals surface area contributed by atoms with Gasteiger partial charge in [0.25, 0.3) is 5.78 Å². The Morgan fingerprint density at radius 1 is 1.27 bits per heavy atom. The van der Waals surface area contributed by atoms with E-state index in [9.17, 15) is 4.79 Å². The van der Waals surface area contributed by atoms with Gasteiger partial charge in [0.1, 0.15) is 12.1 Å². The molecule has 2 fully saturated rings. The predicted molar refractivity (Wildman–Crippen MR) is 97.2 cm³/mol. The van der Waals surface area contributed by atoms with Crippen LogP contribution in [0.5, 0.6) is 0 Å². The highest BCUT2D eigenvalue weighted by molar-refractivity contribution is 5.80. The standard InChI is InChI=1S/C18H26N6O2/c1-12-13(2)21-18-19-11-20-24(18)17(12)23-7-3-4-14(10-23)16(25)22-15-5-8-26-9-6-15/h11,14-15H,3-10H2,1-2H3,(H,22,25). The number of ether oxygens (including phenoxy) is 1. The van der Waals surface area contributed by atoms with Gasteiger partial charge in [-0.15, -0.1) is 0 Å². The smallest absolute Gasteiger partial charge is 0.254 e. The van der Waals surface area contributed by atoms with Crippen LogP contribution in [0.25, 0.3) is 5.78 Å². The lowest BCUT2D eigenvalue weighted by Gasteiger charge is -2.35. The van der Waals surface area contributed by atoms with Crippen LogP contribution in [-0.2, 0) is 9.53 Å². The largest absolute Gasteiger partial charge is 0.381 e. The third-order valence-electron chi connectivity index (χ3n) is 5.54. The van der Waals surface area contributed by atoms with Gasteiger partial charge in [0.15, 0.2) is 0 Å². The van der Waals surface area contributed by atoms with Crippen molar-refractivity contribution in [1.29, 1.82) is 0 Å². The monoisotopic (exact) mass is 358 g/mol. The van der Waals surface area contributed by atoms with E-state index < -0.39 is 0 Å². The summed E-state index contributed by atoms with van der Waals surface area (Å²) in [4.78, 5) is 23.8. The van der Waals surface area contributed by atoms with Gasteiger partial charge in [-0.1, -0.05) is 0 Å². The molecule has 1 N–H and O–H groups in total. The molecule has 2 saturated heterocycles. The number of carbonyl (C=O) groups excluding carboxylic acids is 1. The molecule has 0 radical (unpaired) electrons. The van der Waals surface area contributed by atoms with E-state index in [0.717, 1.165) is 62.5 Å². The molecule has 0 aromatic carbocycles. The molecule has 0 bridgehead atoms. The molecule has 8 heteroatoms. The molecule has 8 nitrogen and oxygen atoms in total. The van der Waals surface area contributed by atoms with Gasteiger partial charge < -0.3 is 15.0 Å². The SMILES string of the molecule is Cc1nc2ncnn2c(N2CCCC(C(=O)NC3CCOCC3)C2)c1C. The lowest BCUT2D eigenvalue weighted by atomic mass is 9.95. The van der Waals surface area contributed by atoms with E-state index in [1.54, 1.807) is 4.52 Å². The first-order chi connectivity index (χ1) is 12.6. The van der Waals surface area contributed by atoms with Gasteiger partial charge in [0, 0.05) is 43.6 Å². The van der Waals surface area contributed by atoms with Crippen molar-refractivity contribution in [3.63, 3.8) is 0 Å². The second-order valence-corrected chi connectivity index (χ2v) is 7.30. The highest BCUT2D eigenvalue weighted by Crippen LogP contribution is 2.27. The second kappa shape index (κ2) is 7.19. The van der Waals surface area contributed by atoms with Crippen molar-refractivity contribution in [2.45, 2.75) is 45.6 Å². The summed E-state index contributed by atoms with van der Waals surface area (Å²) in [5.74, 6) is 1.78. The van der Waals surface area contributed by atoms with Crippen molar-refractivity contribution < 1.29 is 9.53 Å². The maximum absolute atomic E-state index is 12.8. The number of piperidine rings is 1. The number of hydrogen-bond donors (Lipinski definition) is 1. The van der Waals surface area contributed by atoms with Crippen LogP contribution in [0.1, 0.15) is 36.9 Å². The highest BCUT2D eigenvalue weighted by atomic mass is 16.5. The highest BCUT2D eigenvalue weighted by Gasteiger charge is 2.30. The van der Waals surface area contributed by atoms with E-state index >= 15 is 0 Å². The molecule has 0 saturated carbocycles. The molecule has 2 aromatic heterocycles. The molecule has 4 heterocycles. The third-order valence-corrected chi connectivity index (χ3v) is 5.54. The van der Waals surface area contributed by atoms with Gasteiger partial charge in [0.05, 0.1) is 5.92 Å². The van der Waals surface area contributed by atoms with Crippen molar-refractivity contribution >= 4 is 17.5 Å². The number of fused-ring (bicyclic) bond motifs is 1. The Labute approximate surface area is 152 Å². The van der Waals surface area contributed by atoms with Gasteiger partial charge in [-0.25, -0.2) is 4.98 Å². The fraction of sp³-hybridized carbons (Fsp3) is 0.667. The molecule has 4 rings (SSSR count). The molecular weight excluding hydrogens is 332 g/mol. The Balaban J connectivity index is 1.53. The number of nitrogens with one attached hydrogen (secondary N) is 1. The molecule has 1 unspecified atom stereocenters. The first kappa shape index (κ1) is 17.2. The Bertz CT molecular complexity index is 798. The van der Waals surface area contributed by atoms with E-state index in [2.05, 4.69) is 32.2 Å². The van der Waals surface area contributed by atoms with Crippen molar-refractivity contribution in [1.82, 2.24) is 24.9 Å². The summed E-state index contributed by atoms with van der Waals surface area (Å²) in [5.41, 5.74) is 2.04. The number of rotatable bonds is 3. The summed E-state index contributed by atoms with van der Waals surface area (Å²) in [6, 6.07) is 0.249. The summed E-state index contributed by atoms with van der Waals surface area (Å²) >= 11 is 0. The topological polar surface area (TPSA) is 84.7 Å². The quantitative estimate of drug-likeness (QED) is 0.889. The molecule has 0 aliphatic carbocycles. The van der Waals surface area contributed by atoms with E-state index in [0.29, 0.717) is 12.3 Å². The molecule has 2 aliphatic heterocycles. The maximum atomic E-state index is 12.8. The first-order valence-electron chi connectivity index (χ1n) is 9.43. The Hall–Kier alpha value is -2.22. The van der Waals surface area contributed by atoms with Gasteiger partial charge >= 0.3 is 0 Å². The Morgan fingerprint density at radius 3 is 2.88 bits per heavy atom. The maximum Gasteiger partial charge on any atom is 0.254 e. The third kappa shape index (κ3) is 3.25. The number of aryl methyl sites for hydroxylation is 1. The van der Waals surface area contributed by atoms with Gasteiger partial charge in [0.2, 0.25) is 5.91 Å². The molecule has 0 spiro atoms. The minimum absolute atomic E-state index is 0.00182. The van der Waals surface area contributed by atoms with Gasteiger partial charge in [-0.2, -0.15) is 14.6 Å². The minimum atomic E-state index is -0.00182. The average Bonchev–Trinajstić information content (AvgIpc) is 3.11. The number of carbonyl (C=O) groups is 1. The van der Waals surface area contributed by atoms with Crippen molar-refractivity contribution in [2.75, 3.05) is 31.2 Å². The zero-order valence-electron chi connectivity index (χ0n) is 15.4. The normalized spacial score (nSPS) is 21.9. The number of hydrogen-bond acceptors (Lipinski definition) is 6. The van der Waals surface area contributed by atoms with E-state index in [4.69, 9.17) is 4.74 Å². The summed E-state index contributed by atoms with van der Waals surface area (Å²) in [7, 11) is 0. The van der Waals surface area contributed by atoms with Crippen LogP contribution in [0.15, 0.2) is 6.33 Å². The number of amides is 1. The molecule has 140 valence electrons. The fourth-order valence-corrected chi connectivity index (χ4v) is 3.93. The zero-order valence-corrected chi connectivity index (χ0v) is 15.4. The minimum Gasteiger partial charge on any atom is -0.381 e. The number of anilines is 1. The van der Waals surface area contributed by atoms with Crippen LogP contribution in [-0.4, -0.2) is 57.8 Å². The molecule has 1 amide bonds. The predicted octanol–water partition coefficient (Wildman–Crippen LogP) is 1.25. The summed E-state index contributed by atoms with van der Waals surface area (Å²) in [5, 5.41) is 7.57. The van der Waals surface area contributed by atoms with Crippen LogP contribution >= 0.6 is 0 Å². The van der Waals surface area contributed by atoms with Crippen LogP contribution in [0.4, 0.5) is 5.82 Å². The summed E-state index contributed by atoms with van der Waals surface area (Å²) in [6.07, 6.45) is 5.26. The van der Waals surface area contributed by atoms with Crippen LogP contribution in [0, 0.1) is 19.8 Å². The van der Waals surface area contributed by atoms with E-state index in [1.165, 1.54) is 6.33 Å². The van der Waals surface area contributed by atoms with Crippen LogP contribution in [0.2, 0.25) is 0 Å². The zero-order chi connectivity index (χ0) is 18.1. The molecule has 26 heavy (non-hydrogen) atoms. The van der Waals surface area contributed by atoms with Crippen LogP contribution < -0.4 is 10.2 Å². The molecule has 2 aromatic rings. The van der Waals surface area contributed by atoms with E-state index in [-0.39, 0.29) is 17.9 Å². The van der Waals surface area contributed by atoms with Gasteiger partial charge in [-0.05, 0) is 39.5 Å². The molecule has 1 atom stereocenters. The lowest BCUT2D eigenvalue weighted by molar-refractivity contribution is -0.126. The lowest BCUT2D eigenvalue weighted by Crippen LogP contribution is -2.47. The van der Waals surface area contributed by atoms with Crippen molar-refractivity contribution in [3.8, 4) is 0 Å². The number of nitrogens with zero attached hydrogens (tertiary/aromatic N) is 5. The van der Waals surface area contributed by atoms with Crippen LogP contribution in [0.3, 0.4) is 0 Å². The summed E-state index contributed by atoms with van der Waals surface area (Å²) < 4.78 is 7.17. The van der Waals surface area contributed by atoms with Crippen molar-refractivity contribution in [2.24, 2.45) is 5.92 Å². The number of aromatic nitrogens is 4. The average molecular weight is 358 g/mol. The fourth-order valence-electron chi connectivity index (χ4n) is 3.93. The summed E-state index contributed by atoms with van der Waals surface area (Å²) in [6.45, 7) is 7.15. The Morgan fingerprint density at radius 2 is 2.08 bits per heavy atom. The van der Waals surface area contributed by atoms with Crippen molar-refractivity contribution in [3.05, 3.63) is 17.6 Å². The van der Waals surface area contributed by atoms with E-state index in [1.807, 2.05) is 6.92 Å². The Kier molecular flexibility index (Phi) is 4.76. The first-order valence-corrected chi connectivity index (χ1v) is 9.43. The molecule has 2 aliphatic rings. The van der Waals surface area contributed by atoms with Gasteiger partial charge in [-0.3, -0.25) is 4.79 Å². The second-order valence-electron chi connectivity index (χ2n) is 7.30.